The lowest BCUT2D eigenvalue weighted by Crippen LogP contribution is -1.87. The Morgan fingerprint density at radius 2 is 1.50 bits per heavy atom. The molecule has 0 radical (unpaired) electrons. The van der Waals surface area contributed by atoms with Gasteiger partial charge in [0.1, 0.15) is 0 Å². The summed E-state index contributed by atoms with van der Waals surface area (Å²) in [6, 6.07) is 15.3. The molecule has 0 unspecified atom stereocenters. The molecule has 0 bridgehead atoms. The zero-order valence-corrected chi connectivity index (χ0v) is 11.4. The van der Waals surface area contributed by atoms with E-state index in [-0.39, 0.29) is 0 Å². The standard InChI is InChI=1S/C18H20/c1-14-8-11-17(12-9-14)5-4-6-18-13-15(2)7-10-16(18)3/h4-5,7-13H,6H2,1-3H3/b5-4+. The van der Waals surface area contributed by atoms with Gasteiger partial charge in [-0.25, -0.2) is 0 Å². The van der Waals surface area contributed by atoms with E-state index in [4.69, 9.17) is 0 Å². The Balaban J connectivity index is 2.07. The number of rotatable bonds is 3. The van der Waals surface area contributed by atoms with Gasteiger partial charge in [0.05, 0.1) is 0 Å². The highest BCUT2D eigenvalue weighted by Gasteiger charge is 1.96. The molecule has 0 aliphatic rings. The van der Waals surface area contributed by atoms with Gasteiger partial charge < -0.3 is 0 Å². The van der Waals surface area contributed by atoms with Gasteiger partial charge in [0.2, 0.25) is 0 Å². The summed E-state index contributed by atoms with van der Waals surface area (Å²) >= 11 is 0. The Kier molecular flexibility index (Phi) is 3.99. The van der Waals surface area contributed by atoms with E-state index >= 15 is 0 Å². The summed E-state index contributed by atoms with van der Waals surface area (Å²) in [5.74, 6) is 0. The third-order valence-electron chi connectivity index (χ3n) is 3.23. The number of allylic oxidation sites excluding steroid dienone is 1. The molecular weight excluding hydrogens is 216 g/mol. The van der Waals surface area contributed by atoms with Crippen LogP contribution in [0.15, 0.2) is 48.5 Å². The smallest absolute Gasteiger partial charge is 0.00914 e. The monoisotopic (exact) mass is 236 g/mol. The fraction of sp³-hybridized carbons (Fsp3) is 0.222. The van der Waals surface area contributed by atoms with E-state index in [1.54, 1.807) is 0 Å². The molecule has 0 heteroatoms. The van der Waals surface area contributed by atoms with Crippen molar-refractivity contribution in [2.75, 3.05) is 0 Å². The average Bonchev–Trinajstić information content (AvgIpc) is 2.36. The molecule has 2 rings (SSSR count). The molecule has 0 aliphatic carbocycles. The maximum Gasteiger partial charge on any atom is -0.00914 e. The second kappa shape index (κ2) is 5.68. The molecule has 0 saturated carbocycles. The molecule has 18 heavy (non-hydrogen) atoms. The highest BCUT2D eigenvalue weighted by atomic mass is 14.0. The van der Waals surface area contributed by atoms with Gasteiger partial charge in [0.15, 0.2) is 0 Å². The zero-order valence-electron chi connectivity index (χ0n) is 11.4. The van der Waals surface area contributed by atoms with Gasteiger partial charge in [-0.05, 0) is 43.9 Å². The Labute approximate surface area is 110 Å². The van der Waals surface area contributed by atoms with Crippen molar-refractivity contribution in [2.24, 2.45) is 0 Å². The Hall–Kier alpha value is -1.82. The first-order valence-electron chi connectivity index (χ1n) is 6.44. The Bertz CT molecular complexity index is 545. The van der Waals surface area contributed by atoms with Crippen LogP contribution in [-0.2, 0) is 6.42 Å². The summed E-state index contributed by atoms with van der Waals surface area (Å²) in [7, 11) is 0. The first kappa shape index (κ1) is 12.6. The lowest BCUT2D eigenvalue weighted by molar-refractivity contribution is 1.20. The maximum absolute atomic E-state index is 2.27. The van der Waals surface area contributed by atoms with Crippen LogP contribution in [0, 0.1) is 20.8 Å². The SMILES string of the molecule is Cc1ccc(/C=C/Cc2cc(C)ccc2C)cc1. The van der Waals surface area contributed by atoms with E-state index in [0.717, 1.165) is 6.42 Å². The lowest BCUT2D eigenvalue weighted by Gasteiger charge is -2.04. The number of aryl methyl sites for hydroxylation is 3. The molecule has 0 aliphatic heterocycles. The maximum atomic E-state index is 2.27. The van der Waals surface area contributed by atoms with Crippen molar-refractivity contribution in [1.29, 1.82) is 0 Å². The third kappa shape index (κ3) is 3.33. The second-order valence-corrected chi connectivity index (χ2v) is 4.95. The molecule has 92 valence electrons. The molecule has 0 spiro atoms. The summed E-state index contributed by atoms with van der Waals surface area (Å²) in [4.78, 5) is 0. The van der Waals surface area contributed by atoms with Crippen molar-refractivity contribution in [3.63, 3.8) is 0 Å². The number of benzene rings is 2. The first-order valence-corrected chi connectivity index (χ1v) is 6.44. The topological polar surface area (TPSA) is 0 Å². The van der Waals surface area contributed by atoms with Gasteiger partial charge in [-0.3, -0.25) is 0 Å². The Morgan fingerprint density at radius 3 is 2.22 bits per heavy atom. The van der Waals surface area contributed by atoms with Gasteiger partial charge in [-0.2, -0.15) is 0 Å². The molecule has 0 heterocycles. The van der Waals surface area contributed by atoms with Crippen LogP contribution >= 0.6 is 0 Å². The van der Waals surface area contributed by atoms with Crippen LogP contribution in [0.25, 0.3) is 6.08 Å². The summed E-state index contributed by atoms with van der Waals surface area (Å²) in [6.07, 6.45) is 5.44. The van der Waals surface area contributed by atoms with Crippen molar-refractivity contribution < 1.29 is 0 Å². The summed E-state index contributed by atoms with van der Waals surface area (Å²) in [6.45, 7) is 6.44. The molecule has 2 aromatic carbocycles. The minimum absolute atomic E-state index is 1.00. The number of hydrogen-bond donors (Lipinski definition) is 0. The van der Waals surface area contributed by atoms with Gasteiger partial charge in [-0.1, -0.05) is 65.7 Å². The van der Waals surface area contributed by atoms with E-state index in [1.807, 2.05) is 0 Å². The van der Waals surface area contributed by atoms with Crippen molar-refractivity contribution in [3.8, 4) is 0 Å². The van der Waals surface area contributed by atoms with E-state index in [2.05, 4.69) is 75.4 Å². The molecule has 0 fully saturated rings. The van der Waals surface area contributed by atoms with Gasteiger partial charge >= 0.3 is 0 Å². The van der Waals surface area contributed by atoms with Crippen LogP contribution in [0.3, 0.4) is 0 Å². The predicted octanol–water partition coefficient (Wildman–Crippen LogP) is 4.87. The van der Waals surface area contributed by atoms with Crippen LogP contribution < -0.4 is 0 Å². The quantitative estimate of drug-likeness (QED) is 0.713. The summed E-state index contributed by atoms with van der Waals surface area (Å²) in [5, 5.41) is 0. The van der Waals surface area contributed by atoms with E-state index < -0.39 is 0 Å². The zero-order chi connectivity index (χ0) is 13.0. The molecule has 0 saturated heterocycles. The van der Waals surface area contributed by atoms with Crippen molar-refractivity contribution >= 4 is 6.08 Å². The van der Waals surface area contributed by atoms with E-state index in [0.29, 0.717) is 0 Å². The number of hydrogen-bond acceptors (Lipinski definition) is 0. The van der Waals surface area contributed by atoms with Crippen LogP contribution in [0.5, 0.6) is 0 Å². The predicted molar refractivity (Wildman–Crippen MR) is 79.8 cm³/mol. The average molecular weight is 236 g/mol. The molecule has 0 aromatic heterocycles. The van der Waals surface area contributed by atoms with Crippen LogP contribution in [-0.4, -0.2) is 0 Å². The normalized spacial score (nSPS) is 11.1. The molecule has 0 amide bonds. The fourth-order valence-corrected chi connectivity index (χ4v) is 2.02. The molecule has 0 N–H and O–H groups in total. The fourth-order valence-electron chi connectivity index (χ4n) is 2.02. The molecule has 0 nitrogen and oxygen atoms in total. The lowest BCUT2D eigenvalue weighted by atomic mass is 10.0. The van der Waals surface area contributed by atoms with E-state index in [9.17, 15) is 0 Å². The second-order valence-electron chi connectivity index (χ2n) is 4.95. The highest BCUT2D eigenvalue weighted by Crippen LogP contribution is 2.13. The van der Waals surface area contributed by atoms with Crippen molar-refractivity contribution in [3.05, 3.63) is 76.4 Å². The van der Waals surface area contributed by atoms with E-state index in [1.165, 1.54) is 27.8 Å². The summed E-state index contributed by atoms with van der Waals surface area (Å²) in [5.41, 5.74) is 6.69. The Morgan fingerprint density at radius 1 is 0.833 bits per heavy atom. The molecular formula is C18H20. The van der Waals surface area contributed by atoms with Gasteiger partial charge in [0, 0.05) is 0 Å². The highest BCUT2D eigenvalue weighted by molar-refractivity contribution is 5.50. The van der Waals surface area contributed by atoms with Crippen LogP contribution in [0.4, 0.5) is 0 Å². The molecule has 2 aromatic rings. The van der Waals surface area contributed by atoms with Crippen molar-refractivity contribution in [1.82, 2.24) is 0 Å². The third-order valence-corrected chi connectivity index (χ3v) is 3.23. The van der Waals surface area contributed by atoms with Gasteiger partial charge in [-0.15, -0.1) is 0 Å². The largest absolute Gasteiger partial charge is 0.0795 e. The first-order chi connectivity index (χ1) is 8.65. The summed E-state index contributed by atoms with van der Waals surface area (Å²) < 4.78 is 0. The van der Waals surface area contributed by atoms with Gasteiger partial charge in [0.25, 0.3) is 0 Å². The molecule has 0 atom stereocenters. The van der Waals surface area contributed by atoms with Crippen LogP contribution in [0.2, 0.25) is 0 Å². The minimum Gasteiger partial charge on any atom is -0.0795 e. The minimum atomic E-state index is 1.00. The van der Waals surface area contributed by atoms with Crippen molar-refractivity contribution in [2.45, 2.75) is 27.2 Å². The van der Waals surface area contributed by atoms with Crippen LogP contribution in [0.1, 0.15) is 27.8 Å².